The lowest BCUT2D eigenvalue weighted by atomic mass is 9.82. The molecule has 1 N–H and O–H groups in total. The first kappa shape index (κ1) is 23.3. The molecule has 1 heterocycles. The number of benzene rings is 2. The van der Waals surface area contributed by atoms with Crippen LogP contribution in [0.2, 0.25) is 0 Å². The Kier molecular flexibility index (Phi) is 6.73. The molecule has 2 aliphatic rings. The van der Waals surface area contributed by atoms with Gasteiger partial charge in [0.1, 0.15) is 11.4 Å². The highest BCUT2D eigenvalue weighted by Gasteiger charge is 2.37. The predicted octanol–water partition coefficient (Wildman–Crippen LogP) is 5.38. The van der Waals surface area contributed by atoms with Crippen molar-refractivity contribution >= 4 is 12.0 Å². The first-order valence-electron chi connectivity index (χ1n) is 11.8. The molecule has 1 fully saturated rings. The Morgan fingerprint density at radius 1 is 1.00 bits per heavy atom. The van der Waals surface area contributed by atoms with Gasteiger partial charge in [0, 0.05) is 18.5 Å². The van der Waals surface area contributed by atoms with Crippen LogP contribution >= 0.6 is 0 Å². The Labute approximate surface area is 195 Å². The van der Waals surface area contributed by atoms with Crippen molar-refractivity contribution in [2.24, 2.45) is 5.92 Å². The molecule has 1 saturated carbocycles. The van der Waals surface area contributed by atoms with Crippen molar-refractivity contribution < 1.29 is 18.7 Å². The van der Waals surface area contributed by atoms with Crippen LogP contribution in [0.3, 0.4) is 0 Å². The standard InChI is InChI=1S/C27H33FN2O3/c1-27(2,3)33-26(32)29-22-14-10-20(11-15-22)25(31)30-17-16-18-6-4-5-7-23(18)24(30)19-8-12-21(28)13-9-19/h4-9,12-13,20,22,24H,10-11,14-17H2,1-3H3,(H,29,32)/t20-,22-,24-/m0/s1. The summed E-state index contributed by atoms with van der Waals surface area (Å²) in [6.07, 6.45) is 3.38. The van der Waals surface area contributed by atoms with Crippen molar-refractivity contribution in [3.05, 3.63) is 71.0 Å². The van der Waals surface area contributed by atoms with Gasteiger partial charge in [-0.3, -0.25) is 4.79 Å². The van der Waals surface area contributed by atoms with Crippen LogP contribution in [0.15, 0.2) is 48.5 Å². The molecule has 2 aromatic rings. The lowest BCUT2D eigenvalue weighted by molar-refractivity contribution is -0.138. The molecular formula is C27H33FN2O3. The summed E-state index contributed by atoms with van der Waals surface area (Å²) in [7, 11) is 0. The van der Waals surface area contributed by atoms with E-state index in [-0.39, 0.29) is 29.7 Å². The zero-order valence-corrected chi connectivity index (χ0v) is 19.6. The van der Waals surface area contributed by atoms with E-state index in [0.717, 1.165) is 43.2 Å². The molecule has 2 aromatic carbocycles. The van der Waals surface area contributed by atoms with Crippen molar-refractivity contribution in [3.8, 4) is 0 Å². The summed E-state index contributed by atoms with van der Waals surface area (Å²) < 4.78 is 19.0. The fourth-order valence-corrected chi connectivity index (χ4v) is 5.00. The van der Waals surface area contributed by atoms with E-state index < -0.39 is 11.7 Å². The number of hydrogen-bond acceptors (Lipinski definition) is 3. The largest absolute Gasteiger partial charge is 0.444 e. The number of halogens is 1. The minimum atomic E-state index is -0.531. The summed E-state index contributed by atoms with van der Waals surface area (Å²) in [5, 5.41) is 2.95. The number of ether oxygens (including phenoxy) is 1. The van der Waals surface area contributed by atoms with Gasteiger partial charge in [-0.1, -0.05) is 36.4 Å². The summed E-state index contributed by atoms with van der Waals surface area (Å²) in [6.45, 7) is 6.18. The first-order valence-corrected chi connectivity index (χ1v) is 11.8. The zero-order chi connectivity index (χ0) is 23.6. The summed E-state index contributed by atoms with van der Waals surface area (Å²) in [5.41, 5.74) is 2.75. The highest BCUT2D eigenvalue weighted by molar-refractivity contribution is 5.80. The molecular weight excluding hydrogens is 419 g/mol. The Hall–Kier alpha value is -2.89. The third kappa shape index (κ3) is 5.55. The fraction of sp³-hybridized carbons (Fsp3) is 0.481. The van der Waals surface area contributed by atoms with E-state index in [1.54, 1.807) is 12.1 Å². The van der Waals surface area contributed by atoms with Gasteiger partial charge in [-0.05, 0) is 81.7 Å². The monoisotopic (exact) mass is 452 g/mol. The van der Waals surface area contributed by atoms with E-state index in [1.165, 1.54) is 17.7 Å². The van der Waals surface area contributed by atoms with Gasteiger partial charge in [0.15, 0.2) is 0 Å². The van der Waals surface area contributed by atoms with Crippen LogP contribution in [-0.4, -0.2) is 35.1 Å². The lowest BCUT2D eigenvalue weighted by Gasteiger charge is -2.41. The maximum absolute atomic E-state index is 13.7. The van der Waals surface area contributed by atoms with Crippen LogP contribution in [0, 0.1) is 11.7 Å². The highest BCUT2D eigenvalue weighted by Crippen LogP contribution is 2.38. The Morgan fingerprint density at radius 3 is 2.33 bits per heavy atom. The minimum absolute atomic E-state index is 0.0267. The topological polar surface area (TPSA) is 58.6 Å². The fourth-order valence-electron chi connectivity index (χ4n) is 5.00. The molecule has 4 rings (SSSR count). The number of alkyl carbamates (subject to hydrolysis) is 1. The van der Waals surface area contributed by atoms with Crippen molar-refractivity contribution in [1.29, 1.82) is 0 Å². The van der Waals surface area contributed by atoms with E-state index in [0.29, 0.717) is 6.54 Å². The molecule has 2 amide bonds. The summed E-state index contributed by atoms with van der Waals surface area (Å²) in [4.78, 5) is 27.7. The molecule has 5 nitrogen and oxygen atoms in total. The number of rotatable bonds is 3. The second-order valence-electron chi connectivity index (χ2n) is 10.1. The smallest absolute Gasteiger partial charge is 0.407 e. The van der Waals surface area contributed by atoms with Gasteiger partial charge in [-0.15, -0.1) is 0 Å². The van der Waals surface area contributed by atoms with E-state index >= 15 is 0 Å². The number of fused-ring (bicyclic) bond motifs is 1. The molecule has 0 spiro atoms. The Balaban J connectivity index is 1.46. The van der Waals surface area contributed by atoms with Gasteiger partial charge in [-0.2, -0.15) is 0 Å². The molecule has 1 aliphatic carbocycles. The number of nitrogens with one attached hydrogen (secondary N) is 1. The quantitative estimate of drug-likeness (QED) is 0.680. The molecule has 176 valence electrons. The van der Waals surface area contributed by atoms with Crippen LogP contribution in [0.5, 0.6) is 0 Å². The van der Waals surface area contributed by atoms with Gasteiger partial charge >= 0.3 is 6.09 Å². The number of amides is 2. The van der Waals surface area contributed by atoms with E-state index in [4.69, 9.17) is 4.74 Å². The third-order valence-electron chi connectivity index (χ3n) is 6.55. The molecule has 0 aromatic heterocycles. The molecule has 6 heteroatoms. The Morgan fingerprint density at radius 2 is 1.67 bits per heavy atom. The SMILES string of the molecule is CC(C)(C)OC(=O)N[C@H]1CC[C@H](C(=O)N2CCc3ccccc3[C@@H]2c2ccc(F)cc2)CC1. The van der Waals surface area contributed by atoms with Crippen molar-refractivity contribution in [3.63, 3.8) is 0 Å². The average Bonchev–Trinajstić information content (AvgIpc) is 2.78. The average molecular weight is 453 g/mol. The van der Waals surface area contributed by atoms with Crippen LogP contribution < -0.4 is 5.32 Å². The lowest BCUT2D eigenvalue weighted by Crippen LogP contribution is -2.46. The van der Waals surface area contributed by atoms with Gasteiger partial charge in [0.25, 0.3) is 0 Å². The van der Waals surface area contributed by atoms with Crippen molar-refractivity contribution in [1.82, 2.24) is 10.2 Å². The number of hydrogen-bond donors (Lipinski definition) is 1. The van der Waals surface area contributed by atoms with Crippen LogP contribution in [0.25, 0.3) is 0 Å². The number of carbonyl (C=O) groups is 2. The molecule has 0 saturated heterocycles. The molecule has 0 unspecified atom stereocenters. The predicted molar refractivity (Wildman–Crippen MR) is 125 cm³/mol. The second-order valence-corrected chi connectivity index (χ2v) is 10.1. The minimum Gasteiger partial charge on any atom is -0.444 e. The summed E-state index contributed by atoms with van der Waals surface area (Å²) >= 11 is 0. The third-order valence-corrected chi connectivity index (χ3v) is 6.55. The normalized spacial score (nSPS) is 22.9. The van der Waals surface area contributed by atoms with Gasteiger partial charge in [0.05, 0.1) is 6.04 Å². The second kappa shape index (κ2) is 9.54. The maximum Gasteiger partial charge on any atom is 0.407 e. The summed E-state index contributed by atoms with van der Waals surface area (Å²) in [6, 6.07) is 14.5. The van der Waals surface area contributed by atoms with Crippen LogP contribution in [0.4, 0.5) is 9.18 Å². The van der Waals surface area contributed by atoms with E-state index in [2.05, 4.69) is 17.4 Å². The van der Waals surface area contributed by atoms with E-state index in [9.17, 15) is 14.0 Å². The van der Waals surface area contributed by atoms with Crippen LogP contribution in [-0.2, 0) is 16.0 Å². The zero-order valence-electron chi connectivity index (χ0n) is 19.6. The molecule has 1 aliphatic heterocycles. The molecule has 33 heavy (non-hydrogen) atoms. The van der Waals surface area contributed by atoms with E-state index in [1.807, 2.05) is 37.8 Å². The highest BCUT2D eigenvalue weighted by atomic mass is 19.1. The van der Waals surface area contributed by atoms with Crippen LogP contribution in [0.1, 0.15) is 69.2 Å². The van der Waals surface area contributed by atoms with Crippen molar-refractivity contribution in [2.75, 3.05) is 6.54 Å². The first-order chi connectivity index (χ1) is 15.7. The Bertz CT molecular complexity index is 991. The molecule has 0 radical (unpaired) electrons. The number of nitrogens with zero attached hydrogens (tertiary/aromatic N) is 1. The van der Waals surface area contributed by atoms with Gasteiger partial charge in [-0.25, -0.2) is 9.18 Å². The van der Waals surface area contributed by atoms with Gasteiger partial charge in [0.2, 0.25) is 5.91 Å². The van der Waals surface area contributed by atoms with Crippen molar-refractivity contribution in [2.45, 2.75) is 70.6 Å². The molecule has 1 atom stereocenters. The molecule has 0 bridgehead atoms. The number of carbonyl (C=O) groups excluding carboxylic acids is 2. The van der Waals surface area contributed by atoms with Gasteiger partial charge < -0.3 is 15.0 Å². The summed E-state index contributed by atoms with van der Waals surface area (Å²) in [5.74, 6) is -0.207. The maximum atomic E-state index is 13.7.